The minimum atomic E-state index is -4.81. The Labute approximate surface area is 145 Å². The Morgan fingerprint density at radius 2 is 1.88 bits per heavy atom. The van der Waals surface area contributed by atoms with Crippen molar-refractivity contribution in [2.24, 2.45) is 7.05 Å². The first-order valence-electron chi connectivity index (χ1n) is 7.00. The van der Waals surface area contributed by atoms with Gasteiger partial charge in [-0.25, -0.2) is 9.36 Å². The molecule has 0 radical (unpaired) electrons. The van der Waals surface area contributed by atoms with E-state index in [9.17, 15) is 22.8 Å². The molecule has 10 heteroatoms. The molecule has 25 heavy (non-hydrogen) atoms. The lowest BCUT2D eigenvalue weighted by atomic mass is 10.2. The molecule has 0 N–H and O–H groups in total. The third-order valence-electron chi connectivity index (χ3n) is 3.60. The first-order valence-corrected chi connectivity index (χ1v) is 7.38. The molecule has 136 valence electrons. The van der Waals surface area contributed by atoms with Crippen molar-refractivity contribution in [1.82, 2.24) is 14.2 Å². The van der Waals surface area contributed by atoms with E-state index in [1.54, 1.807) is 7.05 Å². The van der Waals surface area contributed by atoms with Crippen LogP contribution in [0.2, 0.25) is 5.02 Å². The van der Waals surface area contributed by atoms with E-state index < -0.39 is 23.1 Å². The zero-order valence-corrected chi connectivity index (χ0v) is 14.4. The number of alkyl halides is 3. The van der Waals surface area contributed by atoms with Gasteiger partial charge in [0.15, 0.2) is 0 Å². The standard InChI is InChI=1S/C15H15ClF3N3O3/c1-20(25-3)8-9-6-10(4-5-11(9)16)22-13(23)7-12(15(17,18)19)21(2)14(22)24/h4-7H,8H2,1-3H3. The van der Waals surface area contributed by atoms with Crippen molar-refractivity contribution in [1.29, 1.82) is 0 Å². The van der Waals surface area contributed by atoms with Gasteiger partial charge >= 0.3 is 11.9 Å². The van der Waals surface area contributed by atoms with E-state index in [0.717, 1.165) is 7.05 Å². The molecule has 0 bridgehead atoms. The number of hydroxylamine groups is 2. The fourth-order valence-electron chi connectivity index (χ4n) is 2.26. The summed E-state index contributed by atoms with van der Waals surface area (Å²) in [6.45, 7) is 0.249. The first-order chi connectivity index (χ1) is 11.6. The first kappa shape index (κ1) is 19.2. The number of benzene rings is 1. The number of aromatic nitrogens is 2. The Morgan fingerprint density at radius 3 is 2.44 bits per heavy atom. The van der Waals surface area contributed by atoms with Crippen LogP contribution in [0.15, 0.2) is 33.9 Å². The van der Waals surface area contributed by atoms with Crippen LogP contribution >= 0.6 is 11.6 Å². The Morgan fingerprint density at radius 1 is 1.24 bits per heavy atom. The topological polar surface area (TPSA) is 56.5 Å². The number of rotatable bonds is 4. The maximum absolute atomic E-state index is 12.9. The third-order valence-corrected chi connectivity index (χ3v) is 3.97. The molecule has 0 saturated heterocycles. The monoisotopic (exact) mass is 377 g/mol. The summed E-state index contributed by atoms with van der Waals surface area (Å²) < 4.78 is 39.7. The van der Waals surface area contributed by atoms with E-state index in [2.05, 4.69) is 0 Å². The SMILES string of the molecule is CON(C)Cc1cc(-n2c(=O)cc(C(F)(F)F)n(C)c2=O)ccc1Cl. The molecule has 0 aliphatic rings. The second-order valence-corrected chi connectivity index (χ2v) is 5.69. The fraction of sp³-hybridized carbons (Fsp3) is 0.333. The highest BCUT2D eigenvalue weighted by molar-refractivity contribution is 6.31. The van der Waals surface area contributed by atoms with E-state index in [1.165, 1.54) is 30.4 Å². The van der Waals surface area contributed by atoms with E-state index in [0.29, 0.717) is 25.8 Å². The van der Waals surface area contributed by atoms with Gasteiger partial charge < -0.3 is 4.84 Å². The van der Waals surface area contributed by atoms with Crippen LogP contribution in [-0.2, 0) is 24.6 Å². The predicted molar refractivity (Wildman–Crippen MR) is 85.8 cm³/mol. The summed E-state index contributed by atoms with van der Waals surface area (Å²) in [5, 5.41) is 1.82. The highest BCUT2D eigenvalue weighted by Crippen LogP contribution is 2.27. The van der Waals surface area contributed by atoms with Crippen molar-refractivity contribution in [3.05, 3.63) is 61.4 Å². The van der Waals surface area contributed by atoms with E-state index in [4.69, 9.17) is 16.4 Å². The van der Waals surface area contributed by atoms with Gasteiger partial charge in [0, 0.05) is 25.2 Å². The van der Waals surface area contributed by atoms with Gasteiger partial charge in [0.05, 0.1) is 19.3 Å². The van der Waals surface area contributed by atoms with E-state index in [1.807, 2.05) is 0 Å². The lowest BCUT2D eigenvalue weighted by Crippen LogP contribution is -2.40. The lowest BCUT2D eigenvalue weighted by molar-refractivity contribution is -0.144. The molecular weight excluding hydrogens is 363 g/mol. The van der Waals surface area contributed by atoms with Crippen molar-refractivity contribution in [3.63, 3.8) is 0 Å². The molecule has 0 aliphatic heterocycles. The summed E-state index contributed by atoms with van der Waals surface area (Å²) in [6.07, 6.45) is -4.81. The molecule has 0 fully saturated rings. The van der Waals surface area contributed by atoms with Gasteiger partial charge in [0.2, 0.25) is 0 Å². The van der Waals surface area contributed by atoms with Crippen molar-refractivity contribution < 1.29 is 18.0 Å². The van der Waals surface area contributed by atoms with Crippen molar-refractivity contribution in [2.75, 3.05) is 14.2 Å². The Balaban J connectivity index is 2.64. The summed E-state index contributed by atoms with van der Waals surface area (Å²) in [4.78, 5) is 29.4. The molecule has 1 heterocycles. The van der Waals surface area contributed by atoms with Crippen molar-refractivity contribution >= 4 is 11.6 Å². The van der Waals surface area contributed by atoms with Crippen LogP contribution in [0, 0.1) is 0 Å². The van der Waals surface area contributed by atoms with Crippen LogP contribution < -0.4 is 11.2 Å². The zero-order chi connectivity index (χ0) is 18.9. The molecule has 2 rings (SSSR count). The maximum Gasteiger partial charge on any atom is 0.431 e. The summed E-state index contributed by atoms with van der Waals surface area (Å²) >= 11 is 6.08. The summed E-state index contributed by atoms with van der Waals surface area (Å²) in [7, 11) is 4.05. The molecule has 2 aromatic rings. The number of halogens is 4. The molecular formula is C15H15ClF3N3O3. The Kier molecular flexibility index (Phi) is 5.40. The Hall–Kier alpha value is -2.10. The van der Waals surface area contributed by atoms with Crippen LogP contribution in [-0.4, -0.2) is 28.4 Å². The van der Waals surface area contributed by atoms with Gasteiger partial charge in [0.1, 0.15) is 5.69 Å². The van der Waals surface area contributed by atoms with Gasteiger partial charge in [-0.1, -0.05) is 11.6 Å². The van der Waals surface area contributed by atoms with Gasteiger partial charge in [-0.3, -0.25) is 9.36 Å². The molecule has 1 aromatic carbocycles. The number of nitrogens with zero attached hydrogens (tertiary/aromatic N) is 3. The van der Waals surface area contributed by atoms with Crippen LogP contribution in [0.25, 0.3) is 5.69 Å². The predicted octanol–water partition coefficient (Wildman–Crippen LogP) is 2.20. The van der Waals surface area contributed by atoms with E-state index in [-0.39, 0.29) is 12.2 Å². The fourth-order valence-corrected chi connectivity index (χ4v) is 2.44. The number of hydrogen-bond donors (Lipinski definition) is 0. The summed E-state index contributed by atoms with van der Waals surface area (Å²) in [5.74, 6) is 0. The maximum atomic E-state index is 12.9. The van der Waals surface area contributed by atoms with Crippen LogP contribution in [0.1, 0.15) is 11.3 Å². The largest absolute Gasteiger partial charge is 0.431 e. The summed E-state index contributed by atoms with van der Waals surface area (Å²) in [5.41, 5.74) is -2.84. The average Bonchev–Trinajstić information content (AvgIpc) is 2.52. The minimum Gasteiger partial charge on any atom is -0.302 e. The zero-order valence-electron chi connectivity index (χ0n) is 13.6. The van der Waals surface area contributed by atoms with Gasteiger partial charge in [0.25, 0.3) is 5.56 Å². The van der Waals surface area contributed by atoms with Crippen LogP contribution in [0.5, 0.6) is 0 Å². The van der Waals surface area contributed by atoms with E-state index >= 15 is 0 Å². The normalized spacial score (nSPS) is 12.0. The third kappa shape index (κ3) is 3.94. The molecule has 0 unspecified atom stereocenters. The molecule has 0 saturated carbocycles. The lowest BCUT2D eigenvalue weighted by Gasteiger charge is -2.17. The second-order valence-electron chi connectivity index (χ2n) is 5.29. The molecule has 1 aromatic heterocycles. The van der Waals surface area contributed by atoms with Gasteiger partial charge in [-0.05, 0) is 23.8 Å². The van der Waals surface area contributed by atoms with Crippen molar-refractivity contribution in [3.8, 4) is 5.69 Å². The summed E-state index contributed by atoms with van der Waals surface area (Å²) in [6, 6.07) is 4.68. The minimum absolute atomic E-state index is 0.114. The highest BCUT2D eigenvalue weighted by atomic mass is 35.5. The van der Waals surface area contributed by atoms with Gasteiger partial charge in [-0.2, -0.15) is 18.2 Å². The van der Waals surface area contributed by atoms with Crippen LogP contribution in [0.3, 0.4) is 0 Å². The van der Waals surface area contributed by atoms with Gasteiger partial charge in [-0.15, -0.1) is 0 Å². The van der Waals surface area contributed by atoms with Crippen LogP contribution in [0.4, 0.5) is 13.2 Å². The highest BCUT2D eigenvalue weighted by Gasteiger charge is 2.35. The second kappa shape index (κ2) is 7.03. The molecule has 0 amide bonds. The molecule has 6 nitrogen and oxygen atoms in total. The average molecular weight is 378 g/mol. The van der Waals surface area contributed by atoms with Crippen molar-refractivity contribution in [2.45, 2.75) is 12.7 Å². The molecule has 0 aliphatic carbocycles. The number of hydrogen-bond acceptors (Lipinski definition) is 4. The smallest absolute Gasteiger partial charge is 0.302 e. The molecule has 0 spiro atoms. The Bertz CT molecular complexity index is 906. The molecule has 0 atom stereocenters. The quantitative estimate of drug-likeness (QED) is 0.767.